The van der Waals surface area contributed by atoms with Crippen LogP contribution in [0.1, 0.15) is 18.4 Å². The van der Waals surface area contributed by atoms with E-state index in [2.05, 4.69) is 10.6 Å². The molecule has 0 aliphatic carbocycles. The van der Waals surface area contributed by atoms with Crippen molar-refractivity contribution in [1.29, 1.82) is 0 Å². The van der Waals surface area contributed by atoms with Crippen molar-refractivity contribution in [1.82, 2.24) is 10.6 Å². The van der Waals surface area contributed by atoms with Gasteiger partial charge in [-0.1, -0.05) is 18.2 Å². The van der Waals surface area contributed by atoms with Crippen LogP contribution in [0.15, 0.2) is 34.9 Å². The van der Waals surface area contributed by atoms with Crippen LogP contribution in [-0.4, -0.2) is 19.0 Å². The molecule has 0 bridgehead atoms. The number of para-hydroxylation sites is 1. The van der Waals surface area contributed by atoms with E-state index in [0.717, 1.165) is 42.5 Å². The molecule has 1 fully saturated rings. The molecule has 100 valence electrons. The molecule has 1 aliphatic heterocycles. The van der Waals surface area contributed by atoms with Gasteiger partial charge in [-0.2, -0.15) is 0 Å². The summed E-state index contributed by atoms with van der Waals surface area (Å²) in [4.78, 5) is 12.1. The molecule has 1 aromatic heterocycles. The number of hydrogen-bond donors (Lipinski definition) is 2. The highest BCUT2D eigenvalue weighted by Crippen LogP contribution is 2.20. The van der Waals surface area contributed by atoms with Crippen molar-refractivity contribution in [2.45, 2.75) is 19.4 Å². The molecule has 0 atom stereocenters. The van der Waals surface area contributed by atoms with E-state index in [1.807, 2.05) is 24.3 Å². The van der Waals surface area contributed by atoms with Crippen molar-refractivity contribution in [2.24, 2.45) is 5.92 Å². The molecule has 4 nitrogen and oxygen atoms in total. The number of amides is 1. The fourth-order valence-electron chi connectivity index (χ4n) is 2.58. The Labute approximate surface area is 112 Å². The van der Waals surface area contributed by atoms with Gasteiger partial charge in [-0.05, 0) is 32.0 Å². The third kappa shape index (κ3) is 2.63. The highest BCUT2D eigenvalue weighted by atomic mass is 16.3. The molecule has 1 aliphatic rings. The van der Waals surface area contributed by atoms with Crippen LogP contribution in [0.3, 0.4) is 0 Å². The monoisotopic (exact) mass is 258 g/mol. The average Bonchev–Trinajstić information content (AvgIpc) is 2.89. The van der Waals surface area contributed by atoms with E-state index < -0.39 is 0 Å². The second-order valence-corrected chi connectivity index (χ2v) is 5.00. The predicted octanol–water partition coefficient (Wildman–Crippen LogP) is 2.05. The van der Waals surface area contributed by atoms with Crippen molar-refractivity contribution >= 4 is 16.9 Å². The second kappa shape index (κ2) is 5.45. The summed E-state index contributed by atoms with van der Waals surface area (Å²) < 4.78 is 5.47. The number of carbonyl (C=O) groups excluding carboxylic acids is 1. The predicted molar refractivity (Wildman–Crippen MR) is 73.7 cm³/mol. The molecular weight excluding hydrogens is 240 g/mol. The Balaban J connectivity index is 1.64. The van der Waals surface area contributed by atoms with Crippen molar-refractivity contribution in [3.63, 3.8) is 0 Å². The van der Waals surface area contributed by atoms with Crippen molar-refractivity contribution in [2.75, 3.05) is 13.1 Å². The van der Waals surface area contributed by atoms with Crippen LogP contribution in [0.25, 0.3) is 11.0 Å². The van der Waals surface area contributed by atoms with Gasteiger partial charge in [0.25, 0.3) is 0 Å². The lowest BCUT2D eigenvalue weighted by molar-refractivity contribution is -0.125. The fraction of sp³-hybridized carbons (Fsp3) is 0.400. The number of carbonyl (C=O) groups is 1. The lowest BCUT2D eigenvalue weighted by Crippen LogP contribution is -2.37. The van der Waals surface area contributed by atoms with Gasteiger partial charge in [-0.25, -0.2) is 0 Å². The SMILES string of the molecule is O=C(NCc1coc2ccccc12)C1CCNCC1. The minimum Gasteiger partial charge on any atom is -0.464 e. The molecule has 1 amide bonds. The van der Waals surface area contributed by atoms with E-state index in [9.17, 15) is 4.79 Å². The average molecular weight is 258 g/mol. The van der Waals surface area contributed by atoms with Gasteiger partial charge in [-0.3, -0.25) is 4.79 Å². The topological polar surface area (TPSA) is 54.3 Å². The number of nitrogens with one attached hydrogen (secondary N) is 2. The van der Waals surface area contributed by atoms with E-state index in [-0.39, 0.29) is 11.8 Å². The van der Waals surface area contributed by atoms with E-state index in [1.165, 1.54) is 0 Å². The van der Waals surface area contributed by atoms with Gasteiger partial charge in [0, 0.05) is 23.4 Å². The van der Waals surface area contributed by atoms with Gasteiger partial charge in [0.05, 0.1) is 6.26 Å². The summed E-state index contributed by atoms with van der Waals surface area (Å²) >= 11 is 0. The minimum atomic E-state index is 0.152. The van der Waals surface area contributed by atoms with Crippen LogP contribution in [0.2, 0.25) is 0 Å². The molecule has 0 radical (unpaired) electrons. The highest BCUT2D eigenvalue weighted by molar-refractivity contribution is 5.82. The Morgan fingerprint density at radius 3 is 2.95 bits per heavy atom. The highest BCUT2D eigenvalue weighted by Gasteiger charge is 2.20. The second-order valence-electron chi connectivity index (χ2n) is 5.00. The maximum Gasteiger partial charge on any atom is 0.223 e. The summed E-state index contributed by atoms with van der Waals surface area (Å²) in [6.07, 6.45) is 3.59. The lowest BCUT2D eigenvalue weighted by Gasteiger charge is -2.21. The molecule has 1 saturated heterocycles. The Morgan fingerprint density at radius 1 is 1.32 bits per heavy atom. The first-order valence-electron chi connectivity index (χ1n) is 6.78. The Hall–Kier alpha value is -1.81. The van der Waals surface area contributed by atoms with Gasteiger partial charge in [0.2, 0.25) is 5.91 Å². The van der Waals surface area contributed by atoms with Gasteiger partial charge in [-0.15, -0.1) is 0 Å². The third-order valence-electron chi connectivity index (χ3n) is 3.72. The zero-order valence-corrected chi connectivity index (χ0v) is 10.8. The normalized spacial score (nSPS) is 16.6. The van der Waals surface area contributed by atoms with Crippen LogP contribution < -0.4 is 10.6 Å². The first kappa shape index (κ1) is 12.2. The molecule has 4 heteroatoms. The summed E-state index contributed by atoms with van der Waals surface area (Å²) in [5, 5.41) is 7.37. The maximum atomic E-state index is 12.1. The smallest absolute Gasteiger partial charge is 0.223 e. The van der Waals surface area contributed by atoms with Gasteiger partial charge in [0.15, 0.2) is 0 Å². The molecule has 1 aromatic carbocycles. The standard InChI is InChI=1S/C15H18N2O2/c18-15(11-5-7-16-8-6-11)17-9-12-10-19-14-4-2-1-3-13(12)14/h1-4,10-11,16H,5-9H2,(H,17,18). The minimum absolute atomic E-state index is 0.152. The Morgan fingerprint density at radius 2 is 2.11 bits per heavy atom. The molecule has 0 spiro atoms. The van der Waals surface area contributed by atoms with E-state index in [0.29, 0.717) is 6.54 Å². The van der Waals surface area contributed by atoms with Crippen LogP contribution in [0.5, 0.6) is 0 Å². The maximum absolute atomic E-state index is 12.1. The van der Waals surface area contributed by atoms with Crippen LogP contribution in [0, 0.1) is 5.92 Å². The number of furan rings is 1. The number of piperidine rings is 1. The molecule has 2 N–H and O–H groups in total. The van der Waals surface area contributed by atoms with Crippen LogP contribution >= 0.6 is 0 Å². The van der Waals surface area contributed by atoms with Crippen LogP contribution in [0.4, 0.5) is 0 Å². The van der Waals surface area contributed by atoms with Crippen molar-refractivity contribution in [3.05, 3.63) is 36.1 Å². The Bertz CT molecular complexity index is 570. The summed E-state index contributed by atoms with van der Waals surface area (Å²) in [5.74, 6) is 0.311. The summed E-state index contributed by atoms with van der Waals surface area (Å²) in [6, 6.07) is 7.89. The first-order valence-corrected chi connectivity index (χ1v) is 6.78. The molecular formula is C15H18N2O2. The summed E-state index contributed by atoms with van der Waals surface area (Å²) in [6.45, 7) is 2.42. The molecule has 0 unspecified atom stereocenters. The number of rotatable bonds is 3. The number of hydrogen-bond acceptors (Lipinski definition) is 3. The fourth-order valence-corrected chi connectivity index (χ4v) is 2.58. The molecule has 2 heterocycles. The molecule has 3 rings (SSSR count). The molecule has 0 saturated carbocycles. The number of benzene rings is 1. The van der Waals surface area contributed by atoms with Crippen LogP contribution in [-0.2, 0) is 11.3 Å². The van der Waals surface area contributed by atoms with Crippen molar-refractivity contribution in [3.8, 4) is 0 Å². The zero-order valence-electron chi connectivity index (χ0n) is 10.8. The number of fused-ring (bicyclic) bond motifs is 1. The van der Waals surface area contributed by atoms with E-state index >= 15 is 0 Å². The third-order valence-corrected chi connectivity index (χ3v) is 3.72. The summed E-state index contributed by atoms with van der Waals surface area (Å²) in [5.41, 5.74) is 1.91. The summed E-state index contributed by atoms with van der Waals surface area (Å²) in [7, 11) is 0. The van der Waals surface area contributed by atoms with E-state index in [1.54, 1.807) is 6.26 Å². The Kier molecular flexibility index (Phi) is 3.51. The molecule has 19 heavy (non-hydrogen) atoms. The lowest BCUT2D eigenvalue weighted by atomic mass is 9.97. The first-order chi connectivity index (χ1) is 9.34. The van der Waals surface area contributed by atoms with Gasteiger partial charge in [0.1, 0.15) is 5.58 Å². The largest absolute Gasteiger partial charge is 0.464 e. The van der Waals surface area contributed by atoms with Gasteiger partial charge >= 0.3 is 0 Å². The molecule has 2 aromatic rings. The van der Waals surface area contributed by atoms with Crippen molar-refractivity contribution < 1.29 is 9.21 Å². The van der Waals surface area contributed by atoms with E-state index in [4.69, 9.17) is 4.42 Å². The quantitative estimate of drug-likeness (QED) is 0.886. The zero-order chi connectivity index (χ0) is 13.1. The van der Waals surface area contributed by atoms with Gasteiger partial charge < -0.3 is 15.1 Å².